The smallest absolute Gasteiger partial charge is 0.222 e. The number of primary amides is 1. The summed E-state index contributed by atoms with van der Waals surface area (Å²) in [6, 6.07) is 9.03. The molecule has 1 aromatic carbocycles. The fourth-order valence-corrected chi connectivity index (χ4v) is 3.35. The van der Waals surface area contributed by atoms with E-state index < -0.39 is 0 Å². The molecule has 0 aromatic heterocycles. The summed E-state index contributed by atoms with van der Waals surface area (Å²) in [5, 5.41) is 3.54. The van der Waals surface area contributed by atoms with Crippen LogP contribution < -0.4 is 11.1 Å². The highest BCUT2D eigenvalue weighted by Crippen LogP contribution is 2.35. The van der Waals surface area contributed by atoms with Gasteiger partial charge in [0.2, 0.25) is 5.91 Å². The average molecular weight is 274 g/mol. The van der Waals surface area contributed by atoms with Gasteiger partial charge in [0.1, 0.15) is 0 Å². The summed E-state index contributed by atoms with van der Waals surface area (Å²) in [5.74, 6) is 0.512. The molecule has 2 rings (SSSR count). The summed E-state index contributed by atoms with van der Waals surface area (Å²) in [4.78, 5) is 11.8. The van der Waals surface area contributed by atoms with Crippen molar-refractivity contribution in [3.05, 3.63) is 35.4 Å². The molecule has 0 saturated carbocycles. The monoisotopic (exact) mass is 274 g/mol. The van der Waals surface area contributed by atoms with Crippen molar-refractivity contribution in [2.45, 2.75) is 52.1 Å². The molecule has 110 valence electrons. The first-order chi connectivity index (χ1) is 9.40. The molecule has 3 N–H and O–H groups in total. The summed E-state index contributed by atoms with van der Waals surface area (Å²) in [6.45, 7) is 8.67. The third kappa shape index (κ3) is 3.04. The molecular formula is C17H26N2O. The maximum absolute atomic E-state index is 11.8. The molecule has 1 saturated heterocycles. The summed E-state index contributed by atoms with van der Waals surface area (Å²) in [6.07, 6.45) is 0.994. The van der Waals surface area contributed by atoms with E-state index in [2.05, 4.69) is 57.3 Å². The Bertz CT molecular complexity index is 466. The average Bonchev–Trinajstić information content (AvgIpc) is 2.37. The van der Waals surface area contributed by atoms with Crippen LogP contribution in [0.15, 0.2) is 24.3 Å². The number of nitrogens with one attached hydrogen (secondary N) is 1. The highest BCUT2D eigenvalue weighted by molar-refractivity contribution is 5.78. The van der Waals surface area contributed by atoms with E-state index >= 15 is 0 Å². The number of piperidine rings is 1. The number of benzene rings is 1. The summed E-state index contributed by atoms with van der Waals surface area (Å²) >= 11 is 0. The summed E-state index contributed by atoms with van der Waals surface area (Å²) < 4.78 is 0. The molecule has 3 heteroatoms. The minimum Gasteiger partial charge on any atom is -0.369 e. The lowest BCUT2D eigenvalue weighted by atomic mass is 9.76. The molecule has 0 spiro atoms. The van der Waals surface area contributed by atoms with E-state index in [1.54, 1.807) is 0 Å². The normalized spacial score (nSPS) is 30.4. The lowest BCUT2D eigenvalue weighted by molar-refractivity contribution is -0.125. The van der Waals surface area contributed by atoms with Gasteiger partial charge in [-0.25, -0.2) is 0 Å². The first kappa shape index (κ1) is 15.0. The van der Waals surface area contributed by atoms with E-state index in [0.29, 0.717) is 17.9 Å². The van der Waals surface area contributed by atoms with Gasteiger partial charge in [-0.2, -0.15) is 0 Å². The maximum Gasteiger partial charge on any atom is 0.222 e. The van der Waals surface area contributed by atoms with Gasteiger partial charge >= 0.3 is 0 Å². The number of hydrogen-bond donors (Lipinski definition) is 2. The van der Waals surface area contributed by atoms with Gasteiger partial charge in [-0.1, -0.05) is 45.0 Å². The highest BCUT2D eigenvalue weighted by atomic mass is 16.1. The minimum atomic E-state index is -0.199. The lowest BCUT2D eigenvalue weighted by Crippen LogP contribution is -2.49. The fourth-order valence-electron chi connectivity index (χ4n) is 3.35. The van der Waals surface area contributed by atoms with Crippen LogP contribution in [0.4, 0.5) is 0 Å². The number of amides is 1. The molecule has 4 unspecified atom stereocenters. The highest BCUT2D eigenvalue weighted by Gasteiger charge is 2.37. The summed E-state index contributed by atoms with van der Waals surface area (Å²) in [5.41, 5.74) is 8.11. The number of carbonyl (C=O) groups is 1. The molecule has 0 aliphatic carbocycles. The Balaban J connectivity index is 2.29. The predicted octanol–water partition coefficient (Wildman–Crippen LogP) is 2.97. The third-order valence-corrected chi connectivity index (χ3v) is 4.45. The first-order valence-corrected chi connectivity index (χ1v) is 7.55. The first-order valence-electron chi connectivity index (χ1n) is 7.55. The van der Waals surface area contributed by atoms with Gasteiger partial charge in [0.05, 0.1) is 5.92 Å². The van der Waals surface area contributed by atoms with Crippen LogP contribution in [-0.4, -0.2) is 11.9 Å². The molecular weight excluding hydrogens is 248 g/mol. The van der Waals surface area contributed by atoms with Crippen molar-refractivity contribution in [1.82, 2.24) is 5.32 Å². The molecule has 1 fully saturated rings. The molecule has 1 amide bonds. The molecule has 1 heterocycles. The van der Waals surface area contributed by atoms with E-state index in [4.69, 9.17) is 5.73 Å². The lowest BCUT2D eigenvalue weighted by Gasteiger charge is -2.39. The number of nitrogens with two attached hydrogens (primary N) is 1. The Morgan fingerprint density at radius 3 is 2.35 bits per heavy atom. The van der Waals surface area contributed by atoms with Crippen LogP contribution in [0, 0.1) is 11.8 Å². The van der Waals surface area contributed by atoms with E-state index in [-0.39, 0.29) is 17.9 Å². The van der Waals surface area contributed by atoms with E-state index in [0.717, 1.165) is 12.0 Å². The van der Waals surface area contributed by atoms with Crippen molar-refractivity contribution in [2.24, 2.45) is 17.6 Å². The van der Waals surface area contributed by atoms with Crippen molar-refractivity contribution < 1.29 is 4.79 Å². The van der Waals surface area contributed by atoms with Crippen LogP contribution in [0.1, 0.15) is 57.2 Å². The SMILES string of the molecule is CC1CC(C)C(C(N)=O)C(c2ccc(C(C)C)cc2)N1. The van der Waals surface area contributed by atoms with Gasteiger partial charge in [0.15, 0.2) is 0 Å². The van der Waals surface area contributed by atoms with Crippen molar-refractivity contribution in [3.63, 3.8) is 0 Å². The van der Waals surface area contributed by atoms with E-state index in [9.17, 15) is 4.79 Å². The van der Waals surface area contributed by atoms with Crippen molar-refractivity contribution >= 4 is 5.91 Å². The molecule has 0 radical (unpaired) electrons. The van der Waals surface area contributed by atoms with Crippen LogP contribution in [-0.2, 0) is 4.79 Å². The zero-order chi connectivity index (χ0) is 14.9. The molecule has 1 aliphatic heterocycles. The third-order valence-electron chi connectivity index (χ3n) is 4.45. The Morgan fingerprint density at radius 1 is 1.25 bits per heavy atom. The van der Waals surface area contributed by atoms with Gasteiger partial charge in [-0.15, -0.1) is 0 Å². The second-order valence-electron chi connectivity index (χ2n) is 6.51. The molecule has 1 aromatic rings. The number of carbonyl (C=O) groups excluding carboxylic acids is 1. The van der Waals surface area contributed by atoms with Gasteiger partial charge in [0, 0.05) is 12.1 Å². The standard InChI is InChI=1S/C17H26N2O/c1-10(2)13-5-7-14(8-6-13)16-15(17(18)20)11(3)9-12(4)19-16/h5-8,10-12,15-16,19H,9H2,1-4H3,(H2,18,20). The zero-order valence-corrected chi connectivity index (χ0v) is 12.9. The van der Waals surface area contributed by atoms with Crippen molar-refractivity contribution in [3.8, 4) is 0 Å². The molecule has 1 aliphatic rings. The van der Waals surface area contributed by atoms with Gasteiger partial charge < -0.3 is 11.1 Å². The molecule has 4 atom stereocenters. The molecule has 3 nitrogen and oxygen atoms in total. The van der Waals surface area contributed by atoms with Gasteiger partial charge in [-0.3, -0.25) is 4.79 Å². The maximum atomic E-state index is 11.8. The quantitative estimate of drug-likeness (QED) is 0.890. The number of rotatable bonds is 3. The van der Waals surface area contributed by atoms with Crippen LogP contribution in [0.2, 0.25) is 0 Å². The van der Waals surface area contributed by atoms with Gasteiger partial charge in [-0.05, 0) is 36.3 Å². The van der Waals surface area contributed by atoms with Crippen LogP contribution >= 0.6 is 0 Å². The van der Waals surface area contributed by atoms with Crippen molar-refractivity contribution in [1.29, 1.82) is 0 Å². The van der Waals surface area contributed by atoms with Gasteiger partial charge in [0.25, 0.3) is 0 Å². The van der Waals surface area contributed by atoms with E-state index in [1.807, 2.05) is 0 Å². The van der Waals surface area contributed by atoms with Crippen LogP contribution in [0.3, 0.4) is 0 Å². The summed E-state index contributed by atoms with van der Waals surface area (Å²) in [7, 11) is 0. The second-order valence-corrected chi connectivity index (χ2v) is 6.51. The van der Waals surface area contributed by atoms with Crippen LogP contribution in [0.5, 0.6) is 0 Å². The second kappa shape index (κ2) is 5.96. The zero-order valence-electron chi connectivity index (χ0n) is 12.9. The predicted molar refractivity (Wildman–Crippen MR) is 82.3 cm³/mol. The Kier molecular flexibility index (Phi) is 4.48. The fraction of sp³-hybridized carbons (Fsp3) is 0.588. The Hall–Kier alpha value is -1.35. The minimum absolute atomic E-state index is 0.0347. The van der Waals surface area contributed by atoms with E-state index in [1.165, 1.54) is 5.56 Å². The topological polar surface area (TPSA) is 55.1 Å². The Labute approximate surface area is 121 Å². The van der Waals surface area contributed by atoms with Crippen LogP contribution in [0.25, 0.3) is 0 Å². The van der Waals surface area contributed by atoms with Crippen molar-refractivity contribution in [2.75, 3.05) is 0 Å². The largest absolute Gasteiger partial charge is 0.369 e. The molecule has 0 bridgehead atoms. The molecule has 20 heavy (non-hydrogen) atoms. The number of hydrogen-bond acceptors (Lipinski definition) is 2. The Morgan fingerprint density at radius 2 is 1.85 bits per heavy atom.